The predicted octanol–water partition coefficient (Wildman–Crippen LogP) is 1.64. The zero-order valence-electron chi connectivity index (χ0n) is 6.49. The molecule has 0 saturated carbocycles. The first-order valence-electron chi connectivity index (χ1n) is 3.29. The zero-order valence-corrected chi connectivity index (χ0v) is 6.49. The molecule has 0 aromatic heterocycles. The highest BCUT2D eigenvalue weighted by molar-refractivity contribution is 5.79. The van der Waals surface area contributed by atoms with E-state index in [9.17, 15) is 4.39 Å². The van der Waals surface area contributed by atoms with Crippen LogP contribution >= 0.6 is 0 Å². The predicted molar refractivity (Wildman–Crippen MR) is 42.3 cm³/mol. The molecule has 0 radical (unpaired) electrons. The van der Waals surface area contributed by atoms with Crippen molar-refractivity contribution >= 4 is 6.21 Å². The minimum absolute atomic E-state index is 0.132. The average Bonchev–Trinajstić information content (AvgIpc) is 2.09. The first kappa shape index (κ1) is 8.52. The largest absolute Gasteiger partial charge is 0.494 e. The van der Waals surface area contributed by atoms with Crippen LogP contribution in [0.3, 0.4) is 0 Å². The van der Waals surface area contributed by atoms with Gasteiger partial charge in [-0.3, -0.25) is 0 Å². The molecule has 1 aromatic carbocycles. The molecular weight excluding hydrogens is 161 g/mol. The van der Waals surface area contributed by atoms with Crippen LogP contribution in [0, 0.1) is 5.82 Å². The SMILES string of the molecule is COc1cc(C=NO)ccc1F. The summed E-state index contributed by atoms with van der Waals surface area (Å²) in [5.41, 5.74) is 0.579. The molecule has 1 N–H and O–H groups in total. The lowest BCUT2D eigenvalue weighted by Crippen LogP contribution is -1.90. The lowest BCUT2D eigenvalue weighted by Gasteiger charge is -2.01. The maximum Gasteiger partial charge on any atom is 0.165 e. The molecule has 0 aliphatic carbocycles. The zero-order chi connectivity index (χ0) is 8.97. The summed E-state index contributed by atoms with van der Waals surface area (Å²) >= 11 is 0. The molecule has 1 aromatic rings. The van der Waals surface area contributed by atoms with Gasteiger partial charge in [0, 0.05) is 0 Å². The van der Waals surface area contributed by atoms with Crippen LogP contribution in [-0.2, 0) is 0 Å². The average molecular weight is 169 g/mol. The second-order valence-electron chi connectivity index (χ2n) is 2.14. The molecule has 0 unspecified atom stereocenters. The van der Waals surface area contributed by atoms with Crippen LogP contribution in [0.4, 0.5) is 4.39 Å². The van der Waals surface area contributed by atoms with Gasteiger partial charge in [0.2, 0.25) is 0 Å². The van der Waals surface area contributed by atoms with E-state index in [0.717, 1.165) is 0 Å². The summed E-state index contributed by atoms with van der Waals surface area (Å²) in [7, 11) is 1.37. The van der Waals surface area contributed by atoms with Gasteiger partial charge in [0.05, 0.1) is 13.3 Å². The molecule has 0 heterocycles. The second-order valence-corrected chi connectivity index (χ2v) is 2.14. The van der Waals surface area contributed by atoms with E-state index in [2.05, 4.69) is 5.16 Å². The normalized spacial score (nSPS) is 10.5. The van der Waals surface area contributed by atoms with Crippen LogP contribution in [0.1, 0.15) is 5.56 Å². The number of hydrogen-bond donors (Lipinski definition) is 1. The maximum atomic E-state index is 12.8. The van der Waals surface area contributed by atoms with Gasteiger partial charge in [0.15, 0.2) is 11.6 Å². The monoisotopic (exact) mass is 169 g/mol. The molecular formula is C8H8FNO2. The highest BCUT2D eigenvalue weighted by Gasteiger charge is 2.01. The number of ether oxygens (including phenoxy) is 1. The topological polar surface area (TPSA) is 41.8 Å². The minimum Gasteiger partial charge on any atom is -0.494 e. The van der Waals surface area contributed by atoms with Gasteiger partial charge in [-0.05, 0) is 17.7 Å². The van der Waals surface area contributed by atoms with Crippen LogP contribution in [0.15, 0.2) is 23.4 Å². The van der Waals surface area contributed by atoms with Gasteiger partial charge < -0.3 is 9.94 Å². The molecule has 3 nitrogen and oxygen atoms in total. The molecule has 0 fully saturated rings. The number of nitrogens with zero attached hydrogens (tertiary/aromatic N) is 1. The fourth-order valence-electron chi connectivity index (χ4n) is 0.823. The molecule has 4 heteroatoms. The van der Waals surface area contributed by atoms with Crippen molar-refractivity contribution in [3.8, 4) is 5.75 Å². The number of oxime groups is 1. The summed E-state index contributed by atoms with van der Waals surface area (Å²) in [4.78, 5) is 0. The van der Waals surface area contributed by atoms with Gasteiger partial charge in [-0.2, -0.15) is 0 Å². The summed E-state index contributed by atoms with van der Waals surface area (Å²) in [5.74, 6) is -0.306. The Morgan fingerprint density at radius 2 is 2.33 bits per heavy atom. The molecule has 0 aliphatic heterocycles. The Hall–Kier alpha value is -1.58. The van der Waals surface area contributed by atoms with E-state index in [0.29, 0.717) is 5.56 Å². The smallest absolute Gasteiger partial charge is 0.165 e. The summed E-state index contributed by atoms with van der Waals surface area (Å²) in [6, 6.07) is 4.17. The van der Waals surface area contributed by atoms with Crippen molar-refractivity contribution in [1.29, 1.82) is 0 Å². The Labute approximate surface area is 69.1 Å². The standard InChI is InChI=1S/C8H8FNO2/c1-12-8-4-6(5-10-11)2-3-7(8)9/h2-5,11H,1H3. The van der Waals surface area contributed by atoms with Crippen molar-refractivity contribution in [2.24, 2.45) is 5.16 Å². The third-order valence-electron chi connectivity index (χ3n) is 1.38. The molecule has 0 atom stereocenters. The van der Waals surface area contributed by atoms with Crippen LogP contribution in [0.25, 0.3) is 0 Å². The summed E-state index contributed by atoms with van der Waals surface area (Å²) in [6.45, 7) is 0. The highest BCUT2D eigenvalue weighted by Crippen LogP contribution is 2.16. The fourth-order valence-corrected chi connectivity index (χ4v) is 0.823. The third-order valence-corrected chi connectivity index (χ3v) is 1.38. The molecule has 1 rings (SSSR count). The van der Waals surface area contributed by atoms with Gasteiger partial charge >= 0.3 is 0 Å². The van der Waals surface area contributed by atoms with Gasteiger partial charge in [-0.1, -0.05) is 11.2 Å². The fraction of sp³-hybridized carbons (Fsp3) is 0.125. The van der Waals surface area contributed by atoms with Crippen molar-refractivity contribution in [3.63, 3.8) is 0 Å². The van der Waals surface area contributed by atoms with Crippen molar-refractivity contribution in [2.75, 3.05) is 7.11 Å². The quantitative estimate of drug-likeness (QED) is 0.415. The van der Waals surface area contributed by atoms with E-state index >= 15 is 0 Å². The molecule has 0 spiro atoms. The Balaban J connectivity index is 3.05. The molecule has 0 saturated heterocycles. The number of rotatable bonds is 2. The van der Waals surface area contributed by atoms with Crippen LogP contribution < -0.4 is 4.74 Å². The van der Waals surface area contributed by atoms with Gasteiger partial charge in [0.1, 0.15) is 0 Å². The first-order valence-corrected chi connectivity index (χ1v) is 3.29. The van der Waals surface area contributed by atoms with E-state index < -0.39 is 5.82 Å². The number of benzene rings is 1. The van der Waals surface area contributed by atoms with E-state index in [1.54, 1.807) is 0 Å². The molecule has 64 valence electrons. The molecule has 0 aliphatic rings. The van der Waals surface area contributed by atoms with Gasteiger partial charge in [-0.15, -0.1) is 0 Å². The third kappa shape index (κ3) is 1.72. The van der Waals surface area contributed by atoms with E-state index in [1.807, 2.05) is 0 Å². The summed E-state index contributed by atoms with van der Waals surface area (Å²) in [6.07, 6.45) is 1.20. The Kier molecular flexibility index (Phi) is 2.63. The minimum atomic E-state index is -0.437. The van der Waals surface area contributed by atoms with Gasteiger partial charge in [0.25, 0.3) is 0 Å². The van der Waals surface area contributed by atoms with Crippen molar-refractivity contribution in [1.82, 2.24) is 0 Å². The lowest BCUT2D eigenvalue weighted by molar-refractivity contribution is 0.322. The Bertz CT molecular complexity index is 299. The highest BCUT2D eigenvalue weighted by atomic mass is 19.1. The van der Waals surface area contributed by atoms with E-state index in [1.165, 1.54) is 31.5 Å². The summed E-state index contributed by atoms with van der Waals surface area (Å²) in [5, 5.41) is 11.0. The Morgan fingerprint density at radius 1 is 1.58 bits per heavy atom. The lowest BCUT2D eigenvalue weighted by atomic mass is 10.2. The number of hydrogen-bond acceptors (Lipinski definition) is 3. The molecule has 0 bridgehead atoms. The van der Waals surface area contributed by atoms with E-state index in [-0.39, 0.29) is 5.75 Å². The summed E-state index contributed by atoms with van der Waals surface area (Å²) < 4.78 is 17.5. The van der Waals surface area contributed by atoms with E-state index in [4.69, 9.17) is 9.94 Å². The van der Waals surface area contributed by atoms with Crippen molar-refractivity contribution in [3.05, 3.63) is 29.6 Å². The first-order chi connectivity index (χ1) is 5.77. The van der Waals surface area contributed by atoms with Gasteiger partial charge in [-0.25, -0.2) is 4.39 Å². The van der Waals surface area contributed by atoms with Crippen LogP contribution in [-0.4, -0.2) is 18.5 Å². The molecule has 12 heavy (non-hydrogen) atoms. The van der Waals surface area contributed by atoms with Crippen LogP contribution in [0.2, 0.25) is 0 Å². The van der Waals surface area contributed by atoms with Crippen molar-refractivity contribution in [2.45, 2.75) is 0 Å². The number of methoxy groups -OCH3 is 1. The number of halogens is 1. The maximum absolute atomic E-state index is 12.8. The Morgan fingerprint density at radius 3 is 2.92 bits per heavy atom. The van der Waals surface area contributed by atoms with Crippen molar-refractivity contribution < 1.29 is 14.3 Å². The second kappa shape index (κ2) is 3.71. The van der Waals surface area contributed by atoms with Crippen LogP contribution in [0.5, 0.6) is 5.75 Å². The molecule has 0 amide bonds.